The van der Waals surface area contributed by atoms with Crippen molar-refractivity contribution < 1.29 is 14.6 Å². The normalized spacial score (nSPS) is 10.4. The molecule has 106 valence electrons. The minimum absolute atomic E-state index is 0.0802. The summed E-state index contributed by atoms with van der Waals surface area (Å²) in [5, 5.41) is 8.77. The van der Waals surface area contributed by atoms with Crippen LogP contribution in [0.2, 0.25) is 0 Å². The standard InChI is InChI=1S/C16H24O3/c1-15(14-17)8-7-12-18-11-5-6-13-19-16-9-3-2-4-10-16/h2-4,9-10,17H,1,5-8,11-14H2. The van der Waals surface area contributed by atoms with Crippen LogP contribution in [0, 0.1) is 0 Å². The van der Waals surface area contributed by atoms with Crippen molar-refractivity contribution in [3.05, 3.63) is 42.5 Å². The quantitative estimate of drug-likeness (QED) is 0.493. The van der Waals surface area contributed by atoms with Gasteiger partial charge in [0.15, 0.2) is 0 Å². The van der Waals surface area contributed by atoms with E-state index in [0.717, 1.165) is 56.8 Å². The van der Waals surface area contributed by atoms with Gasteiger partial charge in [0.25, 0.3) is 0 Å². The van der Waals surface area contributed by atoms with Gasteiger partial charge >= 0.3 is 0 Å². The molecule has 0 aromatic heterocycles. The molecule has 3 nitrogen and oxygen atoms in total. The number of ether oxygens (including phenoxy) is 2. The van der Waals surface area contributed by atoms with E-state index < -0.39 is 0 Å². The van der Waals surface area contributed by atoms with Crippen LogP contribution in [0.1, 0.15) is 25.7 Å². The van der Waals surface area contributed by atoms with Crippen molar-refractivity contribution in [1.82, 2.24) is 0 Å². The molecule has 0 aliphatic rings. The first kappa shape index (κ1) is 15.7. The summed E-state index contributed by atoms with van der Waals surface area (Å²) < 4.78 is 11.1. The summed E-state index contributed by atoms with van der Waals surface area (Å²) in [6.07, 6.45) is 3.78. The highest BCUT2D eigenvalue weighted by atomic mass is 16.5. The molecule has 0 bridgehead atoms. The fourth-order valence-electron chi connectivity index (χ4n) is 1.62. The van der Waals surface area contributed by atoms with E-state index in [1.165, 1.54) is 0 Å². The van der Waals surface area contributed by atoms with Crippen molar-refractivity contribution in [2.24, 2.45) is 0 Å². The van der Waals surface area contributed by atoms with E-state index in [1.807, 2.05) is 30.3 Å². The van der Waals surface area contributed by atoms with Gasteiger partial charge in [-0.3, -0.25) is 0 Å². The molecule has 0 saturated carbocycles. The smallest absolute Gasteiger partial charge is 0.119 e. The van der Waals surface area contributed by atoms with Crippen LogP contribution in [0.3, 0.4) is 0 Å². The molecule has 19 heavy (non-hydrogen) atoms. The van der Waals surface area contributed by atoms with Crippen molar-refractivity contribution in [3.63, 3.8) is 0 Å². The van der Waals surface area contributed by atoms with Crippen molar-refractivity contribution in [2.75, 3.05) is 26.4 Å². The molecule has 1 rings (SSSR count). The maximum atomic E-state index is 8.77. The molecule has 0 amide bonds. The lowest BCUT2D eigenvalue weighted by molar-refractivity contribution is 0.124. The molecule has 0 heterocycles. The molecule has 1 N–H and O–H groups in total. The Labute approximate surface area is 115 Å². The Morgan fingerprint density at radius 1 is 1.00 bits per heavy atom. The number of para-hydroxylation sites is 1. The van der Waals surface area contributed by atoms with Gasteiger partial charge in [0.1, 0.15) is 5.75 Å². The zero-order valence-electron chi connectivity index (χ0n) is 11.5. The Bertz CT molecular complexity index is 335. The third kappa shape index (κ3) is 8.41. The van der Waals surface area contributed by atoms with Crippen molar-refractivity contribution >= 4 is 0 Å². The van der Waals surface area contributed by atoms with Crippen LogP contribution >= 0.6 is 0 Å². The minimum Gasteiger partial charge on any atom is -0.494 e. The summed E-state index contributed by atoms with van der Waals surface area (Å²) in [4.78, 5) is 0. The molecule has 0 radical (unpaired) electrons. The zero-order valence-corrected chi connectivity index (χ0v) is 11.5. The lowest BCUT2D eigenvalue weighted by Gasteiger charge is -2.07. The van der Waals surface area contributed by atoms with E-state index in [0.29, 0.717) is 0 Å². The number of aliphatic hydroxyl groups excluding tert-OH is 1. The molecular formula is C16H24O3. The van der Waals surface area contributed by atoms with Crippen LogP contribution in [0.15, 0.2) is 42.5 Å². The second-order valence-corrected chi connectivity index (χ2v) is 4.49. The van der Waals surface area contributed by atoms with Gasteiger partial charge in [-0.2, -0.15) is 0 Å². The van der Waals surface area contributed by atoms with Crippen LogP contribution in [-0.4, -0.2) is 31.5 Å². The lowest BCUT2D eigenvalue weighted by atomic mass is 10.2. The highest BCUT2D eigenvalue weighted by molar-refractivity contribution is 5.20. The number of aliphatic hydroxyl groups is 1. The monoisotopic (exact) mass is 264 g/mol. The molecule has 3 heteroatoms. The number of hydrogen-bond acceptors (Lipinski definition) is 3. The van der Waals surface area contributed by atoms with Gasteiger partial charge < -0.3 is 14.6 Å². The van der Waals surface area contributed by atoms with Gasteiger partial charge in [0.2, 0.25) is 0 Å². The summed E-state index contributed by atoms with van der Waals surface area (Å²) in [5.74, 6) is 0.922. The number of hydrogen-bond donors (Lipinski definition) is 1. The molecule has 0 aliphatic carbocycles. The van der Waals surface area contributed by atoms with Crippen LogP contribution in [-0.2, 0) is 4.74 Å². The van der Waals surface area contributed by atoms with Crippen LogP contribution in [0.5, 0.6) is 5.75 Å². The Kier molecular flexibility index (Phi) is 8.77. The van der Waals surface area contributed by atoms with Crippen molar-refractivity contribution in [3.8, 4) is 5.75 Å². The van der Waals surface area contributed by atoms with E-state index in [2.05, 4.69) is 6.58 Å². The van der Waals surface area contributed by atoms with Crippen molar-refractivity contribution in [1.29, 1.82) is 0 Å². The lowest BCUT2D eigenvalue weighted by Crippen LogP contribution is -2.02. The molecule has 1 aromatic carbocycles. The maximum absolute atomic E-state index is 8.77. The molecular weight excluding hydrogens is 240 g/mol. The third-order valence-corrected chi connectivity index (χ3v) is 2.74. The van der Waals surface area contributed by atoms with E-state index in [4.69, 9.17) is 14.6 Å². The summed E-state index contributed by atoms with van der Waals surface area (Å²) in [6, 6.07) is 9.85. The highest BCUT2D eigenvalue weighted by Gasteiger charge is 1.95. The van der Waals surface area contributed by atoms with E-state index in [9.17, 15) is 0 Å². The summed E-state index contributed by atoms with van der Waals surface area (Å²) in [7, 11) is 0. The molecule has 0 saturated heterocycles. The van der Waals surface area contributed by atoms with Gasteiger partial charge in [-0.15, -0.1) is 0 Å². The van der Waals surface area contributed by atoms with E-state index in [-0.39, 0.29) is 6.61 Å². The third-order valence-electron chi connectivity index (χ3n) is 2.74. The van der Waals surface area contributed by atoms with Gasteiger partial charge in [0.05, 0.1) is 13.2 Å². The average Bonchev–Trinajstić information content (AvgIpc) is 2.46. The Morgan fingerprint density at radius 3 is 2.42 bits per heavy atom. The van der Waals surface area contributed by atoms with Crippen LogP contribution in [0.25, 0.3) is 0 Å². The number of rotatable bonds is 11. The number of unbranched alkanes of at least 4 members (excludes halogenated alkanes) is 1. The predicted octanol–water partition coefficient (Wildman–Crippen LogP) is 3.19. The first-order valence-corrected chi connectivity index (χ1v) is 6.86. The first-order valence-electron chi connectivity index (χ1n) is 6.86. The molecule has 1 aromatic rings. The minimum atomic E-state index is 0.0802. The molecule has 0 spiro atoms. The SMILES string of the molecule is C=C(CO)CCCOCCCCOc1ccccc1. The Balaban J connectivity index is 1.85. The Hall–Kier alpha value is -1.32. The topological polar surface area (TPSA) is 38.7 Å². The van der Waals surface area contributed by atoms with E-state index in [1.54, 1.807) is 0 Å². The highest BCUT2D eigenvalue weighted by Crippen LogP contribution is 2.08. The summed E-state index contributed by atoms with van der Waals surface area (Å²) in [5.41, 5.74) is 0.875. The van der Waals surface area contributed by atoms with Gasteiger partial charge in [-0.1, -0.05) is 30.4 Å². The fraction of sp³-hybridized carbons (Fsp3) is 0.500. The first-order chi connectivity index (χ1) is 9.33. The van der Waals surface area contributed by atoms with Gasteiger partial charge in [-0.25, -0.2) is 0 Å². The molecule has 0 atom stereocenters. The van der Waals surface area contributed by atoms with E-state index >= 15 is 0 Å². The second-order valence-electron chi connectivity index (χ2n) is 4.49. The summed E-state index contributed by atoms with van der Waals surface area (Å²) >= 11 is 0. The fourth-order valence-corrected chi connectivity index (χ4v) is 1.62. The van der Waals surface area contributed by atoms with Gasteiger partial charge in [0, 0.05) is 13.2 Å². The second kappa shape index (κ2) is 10.6. The predicted molar refractivity (Wildman–Crippen MR) is 77.4 cm³/mol. The van der Waals surface area contributed by atoms with Gasteiger partial charge in [-0.05, 0) is 37.8 Å². The molecule has 0 aliphatic heterocycles. The molecule has 0 fully saturated rings. The van der Waals surface area contributed by atoms with Crippen LogP contribution in [0.4, 0.5) is 0 Å². The molecule has 0 unspecified atom stereocenters. The van der Waals surface area contributed by atoms with Crippen molar-refractivity contribution in [2.45, 2.75) is 25.7 Å². The van der Waals surface area contributed by atoms with Crippen LogP contribution < -0.4 is 4.74 Å². The zero-order chi connectivity index (χ0) is 13.8. The Morgan fingerprint density at radius 2 is 1.68 bits per heavy atom. The largest absolute Gasteiger partial charge is 0.494 e. The maximum Gasteiger partial charge on any atom is 0.119 e. The number of benzene rings is 1. The average molecular weight is 264 g/mol. The summed E-state index contributed by atoms with van der Waals surface area (Å²) in [6.45, 7) is 6.05.